The number of nitrogens with one attached hydrogen (secondary N) is 3. The lowest BCUT2D eigenvalue weighted by molar-refractivity contribution is -0.146. The summed E-state index contributed by atoms with van der Waals surface area (Å²) in [5.74, 6) is -2.16. The molecule has 218 valence electrons. The number of esters is 1. The summed E-state index contributed by atoms with van der Waals surface area (Å²) in [6.45, 7) is -0.400. The SMILES string of the molecule is COC(=O)CNC(=O)CC1(C(=O)Nc2ccc(-c3ccccc3S(N)(=O)=O)cc2)CC(c2cccc(C(=N)N)c2)=NO1. The monoisotopic (exact) mass is 592 g/mol. The highest BCUT2D eigenvalue weighted by Gasteiger charge is 2.48. The molecule has 2 amide bonds. The lowest BCUT2D eigenvalue weighted by Gasteiger charge is -2.25. The predicted octanol–water partition coefficient (Wildman–Crippen LogP) is 1.47. The fourth-order valence-electron chi connectivity index (χ4n) is 4.29. The maximum atomic E-state index is 13.6. The molecule has 1 atom stereocenters. The second-order valence-corrected chi connectivity index (χ2v) is 10.9. The summed E-state index contributed by atoms with van der Waals surface area (Å²) < 4.78 is 28.6. The highest BCUT2D eigenvalue weighted by molar-refractivity contribution is 7.89. The van der Waals surface area contributed by atoms with Crippen LogP contribution in [0.1, 0.15) is 24.0 Å². The number of anilines is 1. The summed E-state index contributed by atoms with van der Waals surface area (Å²) in [4.78, 5) is 43.5. The van der Waals surface area contributed by atoms with Crippen LogP contribution in [0.15, 0.2) is 82.8 Å². The van der Waals surface area contributed by atoms with Crippen molar-refractivity contribution in [3.63, 3.8) is 0 Å². The van der Waals surface area contributed by atoms with Crippen LogP contribution in [-0.4, -0.2) is 57.0 Å². The van der Waals surface area contributed by atoms with Gasteiger partial charge < -0.3 is 25.9 Å². The molecule has 1 unspecified atom stereocenters. The zero-order chi connectivity index (χ0) is 30.5. The van der Waals surface area contributed by atoms with Crippen molar-refractivity contribution in [3.05, 3.63) is 83.9 Å². The molecule has 0 saturated carbocycles. The number of hydrogen-bond donors (Lipinski definition) is 5. The highest BCUT2D eigenvalue weighted by Crippen LogP contribution is 2.33. The summed E-state index contributed by atoms with van der Waals surface area (Å²) in [6.07, 6.45) is -0.583. The van der Waals surface area contributed by atoms with E-state index in [-0.39, 0.29) is 17.2 Å². The molecule has 3 aromatic rings. The lowest BCUT2D eigenvalue weighted by Crippen LogP contribution is -2.47. The number of carbonyl (C=O) groups excluding carboxylic acids is 3. The molecule has 0 radical (unpaired) electrons. The van der Waals surface area contributed by atoms with E-state index in [1.54, 1.807) is 66.7 Å². The number of hydrogen-bond acceptors (Lipinski definition) is 9. The fraction of sp³-hybridized carbons (Fsp3) is 0.179. The van der Waals surface area contributed by atoms with E-state index in [2.05, 4.69) is 20.5 Å². The number of sulfonamides is 1. The van der Waals surface area contributed by atoms with E-state index in [0.29, 0.717) is 33.7 Å². The molecular weight excluding hydrogens is 564 g/mol. The third-order valence-electron chi connectivity index (χ3n) is 6.46. The zero-order valence-corrected chi connectivity index (χ0v) is 23.2. The van der Waals surface area contributed by atoms with Crippen molar-refractivity contribution < 1.29 is 32.4 Å². The quantitative estimate of drug-likeness (QED) is 0.132. The van der Waals surface area contributed by atoms with Crippen LogP contribution in [-0.2, 0) is 34.0 Å². The fourth-order valence-corrected chi connectivity index (χ4v) is 5.05. The van der Waals surface area contributed by atoms with Gasteiger partial charge in [-0.25, -0.2) is 13.6 Å². The number of carbonyl (C=O) groups is 3. The number of methoxy groups -OCH3 is 1. The third kappa shape index (κ3) is 6.79. The van der Waals surface area contributed by atoms with E-state index in [0.717, 1.165) is 0 Å². The van der Waals surface area contributed by atoms with Gasteiger partial charge in [0.1, 0.15) is 12.4 Å². The van der Waals surface area contributed by atoms with Crippen molar-refractivity contribution in [2.24, 2.45) is 16.0 Å². The van der Waals surface area contributed by atoms with Gasteiger partial charge in [-0.15, -0.1) is 0 Å². The molecule has 4 rings (SSSR count). The second-order valence-electron chi connectivity index (χ2n) is 9.40. The van der Waals surface area contributed by atoms with Gasteiger partial charge in [0.25, 0.3) is 5.91 Å². The largest absolute Gasteiger partial charge is 0.468 e. The van der Waals surface area contributed by atoms with E-state index in [4.69, 9.17) is 21.1 Å². The van der Waals surface area contributed by atoms with Gasteiger partial charge in [-0.1, -0.05) is 53.7 Å². The summed E-state index contributed by atoms with van der Waals surface area (Å²) in [6, 6.07) is 19.2. The minimum absolute atomic E-state index is 0.0448. The van der Waals surface area contributed by atoms with Crippen molar-refractivity contribution in [2.45, 2.75) is 23.3 Å². The Labute approximate surface area is 241 Å². The number of amidine groups is 1. The Morgan fingerprint density at radius 1 is 1.05 bits per heavy atom. The minimum atomic E-state index is -3.97. The predicted molar refractivity (Wildman–Crippen MR) is 154 cm³/mol. The van der Waals surface area contributed by atoms with Gasteiger partial charge in [-0.2, -0.15) is 0 Å². The topological polar surface area (TPSA) is 216 Å². The summed E-state index contributed by atoms with van der Waals surface area (Å²) >= 11 is 0. The first-order chi connectivity index (χ1) is 19.9. The smallest absolute Gasteiger partial charge is 0.325 e. The van der Waals surface area contributed by atoms with E-state index in [1.165, 1.54) is 13.2 Å². The van der Waals surface area contributed by atoms with Gasteiger partial charge in [0.05, 0.1) is 24.1 Å². The molecule has 0 saturated heterocycles. The van der Waals surface area contributed by atoms with Gasteiger partial charge in [0.15, 0.2) is 0 Å². The van der Waals surface area contributed by atoms with Crippen LogP contribution in [0.2, 0.25) is 0 Å². The highest BCUT2D eigenvalue weighted by atomic mass is 32.2. The molecule has 1 aliphatic heterocycles. The van der Waals surface area contributed by atoms with Crippen LogP contribution >= 0.6 is 0 Å². The number of nitrogens with zero attached hydrogens (tertiary/aromatic N) is 1. The van der Waals surface area contributed by atoms with Crippen molar-refractivity contribution in [3.8, 4) is 11.1 Å². The molecule has 14 heteroatoms. The number of nitrogens with two attached hydrogens (primary N) is 2. The Bertz CT molecular complexity index is 1690. The maximum Gasteiger partial charge on any atom is 0.325 e. The first-order valence-corrected chi connectivity index (χ1v) is 14.0. The molecule has 0 aliphatic carbocycles. The molecule has 0 aromatic heterocycles. The van der Waals surface area contributed by atoms with Gasteiger partial charge in [0.2, 0.25) is 21.5 Å². The number of rotatable bonds is 10. The Morgan fingerprint density at radius 2 is 1.76 bits per heavy atom. The van der Waals surface area contributed by atoms with E-state index >= 15 is 0 Å². The van der Waals surface area contributed by atoms with Gasteiger partial charge in [0, 0.05) is 28.8 Å². The summed E-state index contributed by atoms with van der Waals surface area (Å²) in [5.41, 5.74) is 6.43. The number of primary sulfonamides is 1. The van der Waals surface area contributed by atoms with Crippen molar-refractivity contribution in [1.82, 2.24) is 5.32 Å². The Hall–Kier alpha value is -5.08. The van der Waals surface area contributed by atoms with E-state index in [9.17, 15) is 22.8 Å². The molecule has 3 aromatic carbocycles. The molecule has 1 heterocycles. The number of benzene rings is 3. The van der Waals surface area contributed by atoms with Crippen LogP contribution < -0.4 is 21.5 Å². The molecule has 0 fully saturated rings. The first kappa shape index (κ1) is 29.9. The molecule has 42 heavy (non-hydrogen) atoms. The van der Waals surface area contributed by atoms with Crippen LogP contribution in [0.3, 0.4) is 0 Å². The second kappa shape index (κ2) is 12.2. The van der Waals surface area contributed by atoms with Crippen LogP contribution in [0, 0.1) is 5.41 Å². The van der Waals surface area contributed by atoms with Crippen molar-refractivity contribution in [1.29, 1.82) is 5.41 Å². The van der Waals surface area contributed by atoms with Crippen LogP contribution in [0.25, 0.3) is 11.1 Å². The molecule has 0 bridgehead atoms. The van der Waals surface area contributed by atoms with Gasteiger partial charge in [-0.05, 0) is 29.8 Å². The number of amides is 2. The zero-order valence-electron chi connectivity index (χ0n) is 22.4. The average Bonchev–Trinajstić information content (AvgIpc) is 3.41. The Morgan fingerprint density at radius 3 is 2.43 bits per heavy atom. The average molecular weight is 593 g/mol. The maximum absolute atomic E-state index is 13.6. The lowest BCUT2D eigenvalue weighted by atomic mass is 9.89. The molecular formula is C28H28N6O7S. The molecule has 13 nitrogen and oxygen atoms in total. The van der Waals surface area contributed by atoms with Crippen molar-refractivity contribution >= 4 is 45.0 Å². The van der Waals surface area contributed by atoms with Gasteiger partial charge in [-0.3, -0.25) is 19.8 Å². The van der Waals surface area contributed by atoms with Crippen molar-refractivity contribution in [2.75, 3.05) is 19.0 Å². The first-order valence-electron chi connectivity index (χ1n) is 12.5. The minimum Gasteiger partial charge on any atom is -0.468 e. The molecule has 7 N–H and O–H groups in total. The normalized spacial score (nSPS) is 16.1. The third-order valence-corrected chi connectivity index (χ3v) is 7.42. The number of nitrogen functional groups attached to an aromatic ring is 1. The molecule has 1 aliphatic rings. The van der Waals surface area contributed by atoms with E-state index < -0.39 is 46.4 Å². The van der Waals surface area contributed by atoms with Crippen LogP contribution in [0.5, 0.6) is 0 Å². The Kier molecular flexibility index (Phi) is 8.68. The molecule has 0 spiro atoms. The van der Waals surface area contributed by atoms with Crippen LogP contribution in [0.4, 0.5) is 5.69 Å². The standard InChI is InChI=1S/C28H28N6O7S/c1-40-25(36)16-32-24(35)15-28(14-22(34-41-28)18-5-4-6-19(13-18)26(29)30)27(37)33-20-11-9-17(10-12-20)21-7-2-3-8-23(21)42(31,38)39/h2-13H,14-16H2,1H3,(H3,29,30)(H,32,35)(H,33,37)(H2,31,38,39). The van der Waals surface area contributed by atoms with E-state index in [1.807, 2.05) is 0 Å². The summed E-state index contributed by atoms with van der Waals surface area (Å²) in [5, 5.41) is 22.2. The Balaban J connectivity index is 1.58. The summed E-state index contributed by atoms with van der Waals surface area (Å²) in [7, 11) is -2.80. The van der Waals surface area contributed by atoms with Gasteiger partial charge >= 0.3 is 5.97 Å². The number of oxime groups is 1. The number of ether oxygens (including phenoxy) is 1.